The second-order valence-electron chi connectivity index (χ2n) is 6.15. The number of hydrogen-bond donors (Lipinski definition) is 2. The minimum atomic E-state index is -0.376. The van der Waals surface area contributed by atoms with Gasteiger partial charge < -0.3 is 4.90 Å². The van der Waals surface area contributed by atoms with Crippen molar-refractivity contribution in [3.8, 4) is 0 Å². The van der Waals surface area contributed by atoms with Crippen molar-refractivity contribution in [2.75, 3.05) is 11.4 Å². The number of anilines is 1. The predicted molar refractivity (Wildman–Crippen MR) is 87.7 cm³/mol. The first-order valence-electron chi connectivity index (χ1n) is 7.97. The Kier molecular flexibility index (Phi) is 5.73. The Balaban J connectivity index is 1.92. The van der Waals surface area contributed by atoms with Crippen molar-refractivity contribution in [1.82, 2.24) is 10.9 Å². The van der Waals surface area contributed by atoms with E-state index >= 15 is 0 Å². The van der Waals surface area contributed by atoms with Gasteiger partial charge in [0.1, 0.15) is 0 Å². The molecule has 0 saturated carbocycles. The lowest BCUT2D eigenvalue weighted by Gasteiger charge is -2.26. The summed E-state index contributed by atoms with van der Waals surface area (Å²) in [6.45, 7) is 4.58. The molecule has 0 aliphatic carbocycles. The molecule has 0 unspecified atom stereocenters. The molecule has 3 amide bonds. The highest BCUT2D eigenvalue weighted by Crippen LogP contribution is 2.21. The first kappa shape index (κ1) is 17.0. The van der Waals surface area contributed by atoms with Crippen molar-refractivity contribution >= 4 is 23.4 Å². The van der Waals surface area contributed by atoms with Crippen molar-refractivity contribution < 1.29 is 14.4 Å². The zero-order valence-corrected chi connectivity index (χ0v) is 13.6. The molecule has 0 bridgehead atoms. The molecule has 0 atom stereocenters. The number of hydrazine groups is 1. The van der Waals surface area contributed by atoms with Gasteiger partial charge in [0, 0.05) is 30.6 Å². The summed E-state index contributed by atoms with van der Waals surface area (Å²) in [6.07, 6.45) is 2.86. The highest BCUT2D eigenvalue weighted by molar-refractivity contribution is 5.97. The number of carbonyl (C=O) groups is 3. The summed E-state index contributed by atoms with van der Waals surface area (Å²) in [7, 11) is 0. The summed E-state index contributed by atoms with van der Waals surface area (Å²) < 4.78 is 0. The van der Waals surface area contributed by atoms with Crippen LogP contribution >= 0.6 is 0 Å². The monoisotopic (exact) mass is 317 g/mol. The summed E-state index contributed by atoms with van der Waals surface area (Å²) in [6, 6.07) is 6.82. The van der Waals surface area contributed by atoms with E-state index in [4.69, 9.17) is 0 Å². The Labute approximate surface area is 136 Å². The molecule has 2 rings (SSSR count). The molecule has 1 aliphatic rings. The van der Waals surface area contributed by atoms with E-state index in [0.717, 1.165) is 25.1 Å². The third kappa shape index (κ3) is 4.81. The topological polar surface area (TPSA) is 78.5 Å². The average Bonchev–Trinajstić information content (AvgIpc) is 2.53. The molecule has 1 heterocycles. The van der Waals surface area contributed by atoms with E-state index in [9.17, 15) is 14.4 Å². The van der Waals surface area contributed by atoms with Gasteiger partial charge in [-0.05, 0) is 43.0 Å². The minimum absolute atomic E-state index is 0.120. The van der Waals surface area contributed by atoms with E-state index in [2.05, 4.69) is 10.9 Å². The molecule has 0 spiro atoms. The smallest absolute Gasteiger partial charge is 0.269 e. The van der Waals surface area contributed by atoms with Crippen molar-refractivity contribution in [1.29, 1.82) is 0 Å². The van der Waals surface area contributed by atoms with Crippen LogP contribution in [0.3, 0.4) is 0 Å². The van der Waals surface area contributed by atoms with Gasteiger partial charge in [-0.2, -0.15) is 0 Å². The summed E-state index contributed by atoms with van der Waals surface area (Å²) >= 11 is 0. The third-order valence-electron chi connectivity index (χ3n) is 3.67. The number of nitrogens with one attached hydrogen (secondary N) is 2. The van der Waals surface area contributed by atoms with Gasteiger partial charge in [-0.15, -0.1) is 0 Å². The standard InChI is InChI=1S/C17H23N3O3/c1-12(2)11-15(21)18-19-17(23)13-6-8-14(9-7-13)20-10-4-3-5-16(20)22/h6-9,12H,3-5,10-11H2,1-2H3,(H,18,21)(H,19,23). The van der Waals surface area contributed by atoms with Crippen LogP contribution in [0.15, 0.2) is 24.3 Å². The fraction of sp³-hybridized carbons (Fsp3) is 0.471. The van der Waals surface area contributed by atoms with Crippen LogP contribution in [0.5, 0.6) is 0 Å². The molecular formula is C17H23N3O3. The number of amides is 3. The highest BCUT2D eigenvalue weighted by atomic mass is 16.2. The Morgan fingerprint density at radius 2 is 1.83 bits per heavy atom. The molecule has 6 heteroatoms. The van der Waals surface area contributed by atoms with Gasteiger partial charge in [-0.3, -0.25) is 25.2 Å². The predicted octanol–water partition coefficient (Wildman–Crippen LogP) is 2.01. The SMILES string of the molecule is CC(C)CC(=O)NNC(=O)c1ccc(N2CCCCC2=O)cc1. The molecule has 1 saturated heterocycles. The summed E-state index contributed by atoms with van der Waals surface area (Å²) in [4.78, 5) is 37.1. The molecule has 1 aromatic carbocycles. The Morgan fingerprint density at radius 1 is 1.13 bits per heavy atom. The van der Waals surface area contributed by atoms with E-state index in [-0.39, 0.29) is 23.6 Å². The van der Waals surface area contributed by atoms with Crippen molar-refractivity contribution in [3.63, 3.8) is 0 Å². The summed E-state index contributed by atoms with van der Waals surface area (Å²) in [5.74, 6) is -0.245. The summed E-state index contributed by atoms with van der Waals surface area (Å²) in [5, 5.41) is 0. The average molecular weight is 317 g/mol. The molecular weight excluding hydrogens is 294 g/mol. The molecule has 1 fully saturated rings. The maximum Gasteiger partial charge on any atom is 0.269 e. The Morgan fingerprint density at radius 3 is 2.43 bits per heavy atom. The molecule has 1 aliphatic heterocycles. The highest BCUT2D eigenvalue weighted by Gasteiger charge is 2.19. The maximum absolute atomic E-state index is 12.0. The molecule has 1 aromatic rings. The van der Waals surface area contributed by atoms with Crippen LogP contribution < -0.4 is 15.8 Å². The molecule has 124 valence electrons. The molecule has 23 heavy (non-hydrogen) atoms. The van der Waals surface area contributed by atoms with Crippen LogP contribution in [0, 0.1) is 5.92 Å². The lowest BCUT2D eigenvalue weighted by atomic mass is 10.1. The molecule has 6 nitrogen and oxygen atoms in total. The zero-order chi connectivity index (χ0) is 16.8. The van der Waals surface area contributed by atoms with Crippen LogP contribution in [0.4, 0.5) is 5.69 Å². The van der Waals surface area contributed by atoms with Crippen LogP contribution in [0.25, 0.3) is 0 Å². The minimum Gasteiger partial charge on any atom is -0.312 e. The lowest BCUT2D eigenvalue weighted by Crippen LogP contribution is -2.42. The van der Waals surface area contributed by atoms with Crippen LogP contribution in [0.2, 0.25) is 0 Å². The van der Waals surface area contributed by atoms with Gasteiger partial charge in [-0.25, -0.2) is 0 Å². The molecule has 0 radical (unpaired) electrons. The largest absolute Gasteiger partial charge is 0.312 e. The zero-order valence-electron chi connectivity index (χ0n) is 13.6. The van der Waals surface area contributed by atoms with Gasteiger partial charge in [0.25, 0.3) is 5.91 Å². The fourth-order valence-corrected chi connectivity index (χ4v) is 2.49. The van der Waals surface area contributed by atoms with Crippen LogP contribution in [-0.4, -0.2) is 24.3 Å². The number of piperidine rings is 1. The van der Waals surface area contributed by atoms with Gasteiger partial charge in [0.2, 0.25) is 11.8 Å². The van der Waals surface area contributed by atoms with E-state index in [0.29, 0.717) is 18.4 Å². The number of hydrogen-bond acceptors (Lipinski definition) is 3. The first-order valence-corrected chi connectivity index (χ1v) is 7.97. The van der Waals surface area contributed by atoms with E-state index < -0.39 is 0 Å². The molecule has 0 aromatic heterocycles. The van der Waals surface area contributed by atoms with Crippen LogP contribution in [0.1, 0.15) is 49.9 Å². The van der Waals surface area contributed by atoms with Gasteiger partial charge in [0.05, 0.1) is 0 Å². The maximum atomic E-state index is 12.0. The number of rotatable bonds is 4. The summed E-state index contributed by atoms with van der Waals surface area (Å²) in [5.41, 5.74) is 6.02. The van der Waals surface area contributed by atoms with Gasteiger partial charge >= 0.3 is 0 Å². The van der Waals surface area contributed by atoms with E-state index in [1.54, 1.807) is 29.2 Å². The normalized spacial score (nSPS) is 14.7. The quantitative estimate of drug-likeness (QED) is 0.834. The second kappa shape index (κ2) is 7.76. The van der Waals surface area contributed by atoms with Gasteiger partial charge in [0.15, 0.2) is 0 Å². The lowest BCUT2D eigenvalue weighted by molar-refractivity contribution is -0.122. The Hall–Kier alpha value is -2.37. The number of benzene rings is 1. The van der Waals surface area contributed by atoms with Crippen LogP contribution in [-0.2, 0) is 9.59 Å². The second-order valence-corrected chi connectivity index (χ2v) is 6.15. The van der Waals surface area contributed by atoms with Crippen molar-refractivity contribution in [2.24, 2.45) is 5.92 Å². The first-order chi connectivity index (χ1) is 11.0. The fourth-order valence-electron chi connectivity index (χ4n) is 2.49. The van der Waals surface area contributed by atoms with Crippen molar-refractivity contribution in [2.45, 2.75) is 39.5 Å². The third-order valence-corrected chi connectivity index (χ3v) is 3.67. The van der Waals surface area contributed by atoms with Gasteiger partial charge in [-0.1, -0.05) is 13.8 Å². The van der Waals surface area contributed by atoms with Crippen molar-refractivity contribution in [3.05, 3.63) is 29.8 Å². The Bertz CT molecular complexity index is 581. The number of carbonyl (C=O) groups excluding carboxylic acids is 3. The van der Waals surface area contributed by atoms with E-state index in [1.807, 2.05) is 13.8 Å². The number of nitrogens with zero attached hydrogens (tertiary/aromatic N) is 1. The van der Waals surface area contributed by atoms with E-state index in [1.165, 1.54) is 0 Å². The molecule has 2 N–H and O–H groups in total.